The molecule has 0 saturated carbocycles. The first-order valence-corrected chi connectivity index (χ1v) is 6.15. The van der Waals surface area contributed by atoms with Crippen LogP contribution in [0.4, 0.5) is 13.2 Å². The van der Waals surface area contributed by atoms with Crippen molar-refractivity contribution in [3.63, 3.8) is 0 Å². The van der Waals surface area contributed by atoms with Crippen LogP contribution in [0.2, 0.25) is 0 Å². The molecule has 1 aliphatic rings. The minimum absolute atomic E-state index is 0.614. The van der Waals surface area contributed by atoms with Crippen molar-refractivity contribution >= 4 is 0 Å². The van der Waals surface area contributed by atoms with E-state index >= 15 is 0 Å². The number of halogens is 3. The maximum atomic E-state index is 12.4. The predicted octanol–water partition coefficient (Wildman–Crippen LogP) is 1.96. The van der Waals surface area contributed by atoms with Crippen LogP contribution in [-0.4, -0.2) is 37.6 Å². The first kappa shape index (κ1) is 13.9. The van der Waals surface area contributed by atoms with Crippen molar-refractivity contribution in [3.8, 4) is 11.8 Å². The van der Waals surface area contributed by atoms with Crippen LogP contribution in [0.5, 0.6) is 0 Å². The number of rotatable bonds is 1. The Kier molecular flexibility index (Phi) is 4.46. The van der Waals surface area contributed by atoms with Gasteiger partial charge in [-0.25, -0.2) is 0 Å². The third-order valence-corrected chi connectivity index (χ3v) is 2.96. The molecule has 2 nitrogen and oxygen atoms in total. The second-order valence-corrected chi connectivity index (χ2v) is 4.40. The van der Waals surface area contributed by atoms with E-state index < -0.39 is 11.7 Å². The fraction of sp³-hybridized carbons (Fsp3) is 0.429. The highest BCUT2D eigenvalue weighted by Gasteiger charge is 2.29. The van der Waals surface area contributed by atoms with E-state index in [9.17, 15) is 13.2 Å². The number of alkyl halides is 3. The van der Waals surface area contributed by atoms with E-state index in [0.717, 1.165) is 38.3 Å². The summed E-state index contributed by atoms with van der Waals surface area (Å²) in [7, 11) is 0. The molecular formula is C14H15F3N2. The molecule has 0 bridgehead atoms. The van der Waals surface area contributed by atoms with E-state index in [4.69, 9.17) is 0 Å². The fourth-order valence-corrected chi connectivity index (χ4v) is 1.87. The maximum absolute atomic E-state index is 12.4. The van der Waals surface area contributed by atoms with Crippen LogP contribution in [0.15, 0.2) is 24.3 Å². The molecule has 0 aliphatic carbocycles. The third-order valence-electron chi connectivity index (χ3n) is 2.96. The van der Waals surface area contributed by atoms with Crippen molar-refractivity contribution in [2.75, 3.05) is 32.7 Å². The van der Waals surface area contributed by atoms with Gasteiger partial charge in [-0.05, 0) is 24.3 Å². The Morgan fingerprint density at radius 2 is 1.74 bits per heavy atom. The smallest absolute Gasteiger partial charge is 0.314 e. The van der Waals surface area contributed by atoms with E-state index in [1.54, 1.807) is 0 Å². The summed E-state index contributed by atoms with van der Waals surface area (Å²) in [6.45, 7) is 4.50. The Hall–Kier alpha value is -1.51. The van der Waals surface area contributed by atoms with Gasteiger partial charge < -0.3 is 5.32 Å². The van der Waals surface area contributed by atoms with Gasteiger partial charge in [-0.15, -0.1) is 0 Å². The molecule has 0 spiro atoms. The van der Waals surface area contributed by atoms with Gasteiger partial charge in [0.05, 0.1) is 12.1 Å². The molecule has 2 rings (SSSR count). The third kappa shape index (κ3) is 4.27. The van der Waals surface area contributed by atoms with Gasteiger partial charge in [0.1, 0.15) is 0 Å². The van der Waals surface area contributed by atoms with Gasteiger partial charge in [0.25, 0.3) is 0 Å². The van der Waals surface area contributed by atoms with Gasteiger partial charge >= 0.3 is 6.18 Å². The summed E-state index contributed by atoms with van der Waals surface area (Å²) in [4.78, 5) is 2.22. The summed E-state index contributed by atoms with van der Waals surface area (Å²) < 4.78 is 37.1. The minimum atomic E-state index is -4.28. The SMILES string of the molecule is FC(F)(F)c1ccc(C#CCN2CCNCC2)cc1. The van der Waals surface area contributed by atoms with Crippen molar-refractivity contribution in [1.29, 1.82) is 0 Å². The molecule has 1 heterocycles. The van der Waals surface area contributed by atoms with Crippen LogP contribution < -0.4 is 5.32 Å². The zero-order valence-electron chi connectivity index (χ0n) is 10.4. The lowest BCUT2D eigenvalue weighted by Gasteiger charge is -2.24. The van der Waals surface area contributed by atoms with Crippen LogP contribution in [-0.2, 0) is 6.18 Å². The van der Waals surface area contributed by atoms with E-state index in [1.807, 2.05) is 0 Å². The Labute approximate surface area is 110 Å². The summed E-state index contributed by atoms with van der Waals surface area (Å²) >= 11 is 0. The largest absolute Gasteiger partial charge is 0.416 e. The number of hydrogen-bond acceptors (Lipinski definition) is 2. The predicted molar refractivity (Wildman–Crippen MR) is 67.6 cm³/mol. The second kappa shape index (κ2) is 6.09. The first-order chi connectivity index (χ1) is 9.05. The number of nitrogens with zero attached hydrogens (tertiary/aromatic N) is 1. The molecule has 102 valence electrons. The van der Waals surface area contributed by atoms with E-state index in [-0.39, 0.29) is 0 Å². The van der Waals surface area contributed by atoms with Gasteiger partial charge in [-0.1, -0.05) is 11.8 Å². The molecule has 0 atom stereocenters. The van der Waals surface area contributed by atoms with Crippen LogP contribution in [0.25, 0.3) is 0 Å². The summed E-state index contributed by atoms with van der Waals surface area (Å²) in [6, 6.07) is 4.95. The molecule has 5 heteroatoms. The maximum Gasteiger partial charge on any atom is 0.416 e. The lowest BCUT2D eigenvalue weighted by molar-refractivity contribution is -0.137. The Morgan fingerprint density at radius 1 is 1.11 bits per heavy atom. The van der Waals surface area contributed by atoms with Crippen LogP contribution in [0.1, 0.15) is 11.1 Å². The monoisotopic (exact) mass is 268 g/mol. The highest BCUT2D eigenvalue weighted by molar-refractivity contribution is 5.37. The lowest BCUT2D eigenvalue weighted by Crippen LogP contribution is -2.43. The number of piperazine rings is 1. The van der Waals surface area contributed by atoms with Gasteiger partial charge in [-0.3, -0.25) is 4.90 Å². The summed E-state index contributed by atoms with van der Waals surface area (Å²) in [5.74, 6) is 5.89. The standard InChI is InChI=1S/C14H15F3N2/c15-14(16,17)13-5-3-12(4-6-13)2-1-9-19-10-7-18-8-11-19/h3-6,18H,7-11H2. The number of hydrogen-bond donors (Lipinski definition) is 1. The van der Waals surface area contributed by atoms with E-state index in [0.29, 0.717) is 12.1 Å². The highest BCUT2D eigenvalue weighted by atomic mass is 19.4. The molecule has 1 N–H and O–H groups in total. The minimum Gasteiger partial charge on any atom is -0.314 e. The van der Waals surface area contributed by atoms with Crippen LogP contribution >= 0.6 is 0 Å². The lowest BCUT2D eigenvalue weighted by atomic mass is 10.1. The number of benzene rings is 1. The summed E-state index contributed by atoms with van der Waals surface area (Å²) in [6.07, 6.45) is -4.28. The molecule has 1 fully saturated rings. The quantitative estimate of drug-likeness (QED) is 0.783. The van der Waals surface area contributed by atoms with Gasteiger partial charge in [0.15, 0.2) is 0 Å². The normalized spacial score (nSPS) is 16.8. The molecule has 19 heavy (non-hydrogen) atoms. The Morgan fingerprint density at radius 3 is 2.32 bits per heavy atom. The summed E-state index contributed by atoms with van der Waals surface area (Å²) in [5, 5.41) is 3.25. The van der Waals surface area contributed by atoms with E-state index in [1.165, 1.54) is 12.1 Å². The molecule has 1 aliphatic heterocycles. The Balaban J connectivity index is 1.92. The van der Waals surface area contributed by atoms with Crippen molar-refractivity contribution in [2.24, 2.45) is 0 Å². The van der Waals surface area contributed by atoms with Crippen LogP contribution in [0.3, 0.4) is 0 Å². The molecule has 0 unspecified atom stereocenters. The topological polar surface area (TPSA) is 15.3 Å². The fourth-order valence-electron chi connectivity index (χ4n) is 1.87. The molecule has 0 aromatic heterocycles. The first-order valence-electron chi connectivity index (χ1n) is 6.15. The molecular weight excluding hydrogens is 253 g/mol. The summed E-state index contributed by atoms with van der Waals surface area (Å²) in [5.41, 5.74) is -0.0247. The molecule has 1 aromatic rings. The molecule has 0 amide bonds. The zero-order chi connectivity index (χ0) is 13.7. The van der Waals surface area contributed by atoms with E-state index in [2.05, 4.69) is 22.1 Å². The van der Waals surface area contributed by atoms with Gasteiger partial charge in [-0.2, -0.15) is 13.2 Å². The average Bonchev–Trinajstić information content (AvgIpc) is 2.39. The highest BCUT2D eigenvalue weighted by Crippen LogP contribution is 2.28. The second-order valence-electron chi connectivity index (χ2n) is 4.40. The Bertz CT molecular complexity index is 462. The molecule has 0 radical (unpaired) electrons. The molecule has 1 aromatic carbocycles. The van der Waals surface area contributed by atoms with Crippen LogP contribution in [0, 0.1) is 11.8 Å². The van der Waals surface area contributed by atoms with Crippen molar-refractivity contribution in [3.05, 3.63) is 35.4 Å². The molecule has 1 saturated heterocycles. The zero-order valence-corrected chi connectivity index (χ0v) is 10.4. The van der Waals surface area contributed by atoms with Gasteiger partial charge in [0, 0.05) is 31.7 Å². The number of nitrogens with one attached hydrogen (secondary N) is 1. The van der Waals surface area contributed by atoms with Crippen molar-refractivity contribution in [2.45, 2.75) is 6.18 Å². The van der Waals surface area contributed by atoms with Gasteiger partial charge in [0.2, 0.25) is 0 Å². The van der Waals surface area contributed by atoms with Crippen molar-refractivity contribution in [1.82, 2.24) is 10.2 Å². The average molecular weight is 268 g/mol. The van der Waals surface area contributed by atoms with Crippen molar-refractivity contribution < 1.29 is 13.2 Å².